The van der Waals surface area contributed by atoms with E-state index in [1.54, 1.807) is 26.2 Å². The molecule has 7 nitrogen and oxygen atoms in total. The number of rotatable bonds is 5. The van der Waals surface area contributed by atoms with Gasteiger partial charge in [0.25, 0.3) is 5.91 Å². The Kier molecular flexibility index (Phi) is 9.01. The average Bonchev–Trinajstić information content (AvgIpc) is 3.14. The molecule has 0 aromatic heterocycles. The van der Waals surface area contributed by atoms with Gasteiger partial charge in [-0.3, -0.25) is 4.79 Å². The van der Waals surface area contributed by atoms with Crippen LogP contribution in [0.5, 0.6) is 5.75 Å². The maximum Gasteiger partial charge on any atom is 0.311 e. The summed E-state index contributed by atoms with van der Waals surface area (Å²) in [6.07, 6.45) is 0.824. The van der Waals surface area contributed by atoms with Crippen LogP contribution < -0.4 is 4.74 Å². The van der Waals surface area contributed by atoms with Gasteiger partial charge in [0.15, 0.2) is 0 Å². The molecule has 0 N–H and O–H groups in total. The van der Waals surface area contributed by atoms with Crippen LogP contribution in [-0.4, -0.2) is 58.7 Å². The monoisotopic (exact) mass is 432 g/mol. The first-order valence-corrected chi connectivity index (χ1v) is 10.9. The van der Waals surface area contributed by atoms with Gasteiger partial charge < -0.3 is 14.4 Å². The van der Waals surface area contributed by atoms with Gasteiger partial charge in [0.05, 0.1) is 13.2 Å². The SMILES string of the molecule is CCC.CN(C)C(=O)c1ccc(-c2ccc(OC3COCC3N=S(=O)=O)cc2)cc1. The summed E-state index contributed by atoms with van der Waals surface area (Å²) in [5.41, 5.74) is 2.60. The van der Waals surface area contributed by atoms with E-state index in [-0.39, 0.29) is 12.5 Å². The molecule has 1 fully saturated rings. The number of hydrogen-bond donors (Lipinski definition) is 0. The minimum Gasteiger partial charge on any atom is -0.486 e. The average molecular weight is 433 g/mol. The summed E-state index contributed by atoms with van der Waals surface area (Å²) in [5, 5.41) is 0. The van der Waals surface area contributed by atoms with Gasteiger partial charge in [-0.2, -0.15) is 12.8 Å². The minimum atomic E-state index is -2.48. The van der Waals surface area contributed by atoms with E-state index in [1.807, 2.05) is 36.4 Å². The molecule has 0 spiro atoms. The van der Waals surface area contributed by atoms with Crippen LogP contribution in [0.1, 0.15) is 30.6 Å². The molecule has 1 aliphatic heterocycles. The van der Waals surface area contributed by atoms with Crippen LogP contribution in [0.4, 0.5) is 0 Å². The number of hydrogen-bond acceptors (Lipinski definition) is 6. The lowest BCUT2D eigenvalue weighted by Crippen LogP contribution is -2.28. The molecule has 1 amide bonds. The van der Waals surface area contributed by atoms with Crippen LogP contribution in [0.15, 0.2) is 52.9 Å². The fourth-order valence-corrected chi connectivity index (χ4v) is 3.23. The lowest BCUT2D eigenvalue weighted by atomic mass is 10.0. The number of amides is 1. The van der Waals surface area contributed by atoms with E-state index >= 15 is 0 Å². The van der Waals surface area contributed by atoms with E-state index in [0.29, 0.717) is 17.9 Å². The van der Waals surface area contributed by atoms with Gasteiger partial charge >= 0.3 is 10.5 Å². The molecule has 30 heavy (non-hydrogen) atoms. The topological polar surface area (TPSA) is 85.3 Å². The molecular weight excluding hydrogens is 404 g/mol. The fourth-order valence-electron chi connectivity index (χ4n) is 2.81. The van der Waals surface area contributed by atoms with Crippen molar-refractivity contribution in [3.05, 3.63) is 54.1 Å². The lowest BCUT2D eigenvalue weighted by molar-refractivity contribution is 0.0827. The maximum absolute atomic E-state index is 11.9. The second-order valence-electron chi connectivity index (χ2n) is 7.09. The van der Waals surface area contributed by atoms with Crippen molar-refractivity contribution in [3.63, 3.8) is 0 Å². The number of carbonyl (C=O) groups excluding carboxylic acids is 1. The first-order chi connectivity index (χ1) is 14.3. The Morgan fingerprint density at radius 1 is 1.03 bits per heavy atom. The molecule has 0 bridgehead atoms. The van der Waals surface area contributed by atoms with Crippen LogP contribution in [0.2, 0.25) is 0 Å². The van der Waals surface area contributed by atoms with Crippen LogP contribution >= 0.6 is 0 Å². The summed E-state index contributed by atoms with van der Waals surface area (Å²) in [6.45, 7) is 4.78. The highest BCUT2D eigenvalue weighted by Crippen LogP contribution is 2.25. The van der Waals surface area contributed by atoms with Crippen molar-refractivity contribution in [1.82, 2.24) is 4.90 Å². The molecule has 0 saturated carbocycles. The Balaban J connectivity index is 0.00000101. The molecule has 1 saturated heterocycles. The maximum atomic E-state index is 11.9. The van der Waals surface area contributed by atoms with Crippen molar-refractivity contribution >= 4 is 16.4 Å². The summed E-state index contributed by atoms with van der Waals surface area (Å²) in [5.74, 6) is 0.577. The lowest BCUT2D eigenvalue weighted by Gasteiger charge is -2.15. The standard InChI is InChI=1S/C19H20N2O5S.C3H8/c1-21(2)19(22)15-5-3-13(4-6-15)14-7-9-16(10-8-14)26-18-12-25-11-17(18)20-27(23)24;1-3-2/h3-10,17-18H,11-12H2,1-2H3;3H2,1-2H3. The van der Waals surface area contributed by atoms with Gasteiger partial charge in [-0.15, -0.1) is 0 Å². The molecule has 2 unspecified atom stereocenters. The Labute approximate surface area is 179 Å². The smallest absolute Gasteiger partial charge is 0.311 e. The van der Waals surface area contributed by atoms with Gasteiger partial charge in [-0.25, -0.2) is 0 Å². The first kappa shape index (κ1) is 23.6. The summed E-state index contributed by atoms with van der Waals surface area (Å²) in [4.78, 5) is 13.5. The fraction of sp³-hybridized carbons (Fsp3) is 0.409. The zero-order valence-corrected chi connectivity index (χ0v) is 18.6. The van der Waals surface area contributed by atoms with E-state index in [1.165, 1.54) is 11.3 Å². The van der Waals surface area contributed by atoms with Gasteiger partial charge in [-0.1, -0.05) is 44.5 Å². The second-order valence-corrected chi connectivity index (χ2v) is 7.74. The van der Waals surface area contributed by atoms with Gasteiger partial charge in [-0.05, 0) is 35.4 Å². The van der Waals surface area contributed by atoms with E-state index in [4.69, 9.17) is 9.47 Å². The normalized spacial score (nSPS) is 17.5. The van der Waals surface area contributed by atoms with E-state index in [9.17, 15) is 13.2 Å². The predicted octanol–water partition coefficient (Wildman–Crippen LogP) is 3.68. The van der Waals surface area contributed by atoms with E-state index < -0.39 is 22.6 Å². The van der Waals surface area contributed by atoms with Crippen molar-refractivity contribution in [2.75, 3.05) is 27.3 Å². The molecule has 2 aromatic carbocycles. The number of carbonyl (C=O) groups is 1. The predicted molar refractivity (Wildman–Crippen MR) is 116 cm³/mol. The highest BCUT2D eigenvalue weighted by molar-refractivity contribution is 7.61. The van der Waals surface area contributed by atoms with Crippen molar-refractivity contribution in [3.8, 4) is 16.9 Å². The van der Waals surface area contributed by atoms with Gasteiger partial charge in [0.1, 0.15) is 17.9 Å². The Bertz CT molecular complexity index is 946. The Hall–Kier alpha value is -2.71. The molecule has 8 heteroatoms. The summed E-state index contributed by atoms with van der Waals surface area (Å²) < 4.78 is 36.2. The third-order valence-corrected chi connectivity index (χ3v) is 4.68. The third-order valence-electron chi connectivity index (χ3n) is 4.23. The number of benzene rings is 2. The van der Waals surface area contributed by atoms with Crippen molar-refractivity contribution in [1.29, 1.82) is 0 Å². The zero-order valence-electron chi connectivity index (χ0n) is 17.7. The zero-order chi connectivity index (χ0) is 22.1. The molecule has 2 atom stereocenters. The second kappa shape index (κ2) is 11.5. The quantitative estimate of drug-likeness (QED) is 0.719. The van der Waals surface area contributed by atoms with Crippen LogP contribution in [0.25, 0.3) is 11.1 Å². The molecule has 0 aliphatic carbocycles. The molecule has 1 aliphatic rings. The van der Waals surface area contributed by atoms with E-state index in [0.717, 1.165) is 11.1 Å². The summed E-state index contributed by atoms with van der Waals surface area (Å²) >= 11 is 0. The number of nitrogens with zero attached hydrogens (tertiary/aromatic N) is 2. The Morgan fingerprint density at radius 2 is 1.57 bits per heavy atom. The van der Waals surface area contributed by atoms with Crippen LogP contribution in [0.3, 0.4) is 0 Å². The third kappa shape index (κ3) is 6.67. The molecular formula is C22H28N2O5S. The highest BCUT2D eigenvalue weighted by atomic mass is 32.2. The largest absolute Gasteiger partial charge is 0.486 e. The van der Waals surface area contributed by atoms with Crippen molar-refractivity contribution in [2.24, 2.45) is 4.36 Å². The number of ether oxygens (including phenoxy) is 2. The van der Waals surface area contributed by atoms with Gasteiger partial charge in [0.2, 0.25) is 0 Å². The summed E-state index contributed by atoms with van der Waals surface area (Å²) in [6, 6.07) is 14.3. The summed E-state index contributed by atoms with van der Waals surface area (Å²) in [7, 11) is 0.955. The molecule has 2 aromatic rings. The van der Waals surface area contributed by atoms with Gasteiger partial charge in [0, 0.05) is 19.7 Å². The van der Waals surface area contributed by atoms with Crippen LogP contribution in [-0.2, 0) is 15.2 Å². The molecule has 3 rings (SSSR count). The first-order valence-electron chi connectivity index (χ1n) is 9.82. The van der Waals surface area contributed by atoms with E-state index in [2.05, 4.69) is 18.2 Å². The van der Waals surface area contributed by atoms with Crippen molar-refractivity contribution < 1.29 is 22.7 Å². The minimum absolute atomic E-state index is 0.0388. The van der Waals surface area contributed by atoms with Crippen LogP contribution in [0, 0.1) is 0 Å². The molecule has 162 valence electrons. The molecule has 1 heterocycles. The Morgan fingerprint density at radius 3 is 2.07 bits per heavy atom. The van der Waals surface area contributed by atoms with Crippen molar-refractivity contribution in [2.45, 2.75) is 32.4 Å². The molecule has 0 radical (unpaired) electrons. The highest BCUT2D eigenvalue weighted by Gasteiger charge is 2.30.